The molecule has 0 spiro atoms. The molecule has 100 valence electrons. The van der Waals surface area contributed by atoms with Gasteiger partial charge in [0.25, 0.3) is 0 Å². The van der Waals surface area contributed by atoms with Crippen LogP contribution >= 0.6 is 12.4 Å². The summed E-state index contributed by atoms with van der Waals surface area (Å²) in [5.41, 5.74) is 1.34. The first kappa shape index (κ1) is 16.4. The van der Waals surface area contributed by atoms with Gasteiger partial charge in [0.2, 0.25) is 11.8 Å². The van der Waals surface area contributed by atoms with Crippen LogP contribution < -0.4 is 10.6 Å². The molecule has 0 bridgehead atoms. The highest BCUT2D eigenvalue weighted by Crippen LogP contribution is 2.14. The third-order valence-electron chi connectivity index (χ3n) is 1.93. The number of nitrogens with zero attached hydrogens (tertiary/aromatic N) is 1. The first-order valence-electron chi connectivity index (χ1n) is 5.29. The van der Waals surface area contributed by atoms with Crippen LogP contribution in [0.5, 0.6) is 0 Å². The van der Waals surface area contributed by atoms with E-state index in [1.54, 1.807) is 29.2 Å². The second-order valence-corrected chi connectivity index (χ2v) is 4.05. The fourth-order valence-corrected chi connectivity index (χ4v) is 1.37. The number of hydrogen-bond acceptors (Lipinski definition) is 3. The number of carbonyl (C=O) groups excluding carboxylic acids is 2. The van der Waals surface area contributed by atoms with E-state index in [-0.39, 0.29) is 24.2 Å². The van der Waals surface area contributed by atoms with E-state index in [1.807, 2.05) is 14.1 Å². The summed E-state index contributed by atoms with van der Waals surface area (Å²) in [6, 6.07) is 7.04. The average Bonchev–Trinajstić information content (AvgIpc) is 2.14. The summed E-state index contributed by atoms with van der Waals surface area (Å²) >= 11 is 0. The largest absolute Gasteiger partial charge is 0.326 e. The predicted molar refractivity (Wildman–Crippen MR) is 75.2 cm³/mol. The molecular formula is C12H18ClN3O2. The highest BCUT2D eigenvalue weighted by molar-refractivity contribution is 5.94. The Kier molecular flexibility index (Phi) is 7.00. The van der Waals surface area contributed by atoms with Crippen molar-refractivity contribution in [3.63, 3.8) is 0 Å². The highest BCUT2D eigenvalue weighted by Gasteiger charge is 2.04. The molecule has 0 aliphatic heterocycles. The fraction of sp³-hybridized carbons (Fsp3) is 0.333. The molecule has 1 aromatic rings. The van der Waals surface area contributed by atoms with Crippen LogP contribution in [0.1, 0.15) is 6.92 Å². The quantitative estimate of drug-likeness (QED) is 0.874. The first-order chi connectivity index (χ1) is 7.97. The molecule has 2 N–H and O–H groups in total. The van der Waals surface area contributed by atoms with E-state index in [4.69, 9.17) is 0 Å². The summed E-state index contributed by atoms with van der Waals surface area (Å²) in [7, 11) is 3.65. The summed E-state index contributed by atoms with van der Waals surface area (Å²) in [4.78, 5) is 24.2. The molecule has 0 heterocycles. The van der Waals surface area contributed by atoms with Gasteiger partial charge in [-0.3, -0.25) is 9.59 Å². The van der Waals surface area contributed by atoms with Crippen molar-refractivity contribution < 1.29 is 9.59 Å². The number of halogens is 1. The molecule has 0 radical (unpaired) electrons. The molecule has 0 saturated heterocycles. The van der Waals surface area contributed by atoms with Crippen molar-refractivity contribution in [3.05, 3.63) is 24.3 Å². The van der Waals surface area contributed by atoms with Crippen LogP contribution in [-0.4, -0.2) is 37.4 Å². The Morgan fingerprint density at radius 2 is 1.72 bits per heavy atom. The van der Waals surface area contributed by atoms with Gasteiger partial charge in [0, 0.05) is 18.3 Å². The van der Waals surface area contributed by atoms with Crippen LogP contribution in [0.3, 0.4) is 0 Å². The Morgan fingerprint density at radius 1 is 1.17 bits per heavy atom. The van der Waals surface area contributed by atoms with Crippen molar-refractivity contribution in [3.8, 4) is 0 Å². The molecule has 0 atom stereocenters. The van der Waals surface area contributed by atoms with Gasteiger partial charge >= 0.3 is 0 Å². The second-order valence-electron chi connectivity index (χ2n) is 4.05. The number of rotatable bonds is 4. The number of amides is 2. The summed E-state index contributed by atoms with van der Waals surface area (Å²) in [5.74, 6) is -0.225. The number of likely N-dealkylation sites (N-methyl/N-ethyl adjacent to an activating group) is 1. The van der Waals surface area contributed by atoms with Gasteiger partial charge in [-0.15, -0.1) is 12.4 Å². The molecule has 1 rings (SSSR count). The van der Waals surface area contributed by atoms with Gasteiger partial charge in [0.1, 0.15) is 0 Å². The molecule has 0 aliphatic rings. The maximum atomic E-state index is 11.5. The van der Waals surface area contributed by atoms with Crippen molar-refractivity contribution in [2.24, 2.45) is 0 Å². The van der Waals surface area contributed by atoms with E-state index in [9.17, 15) is 9.59 Å². The zero-order chi connectivity index (χ0) is 12.8. The highest BCUT2D eigenvalue weighted by atomic mass is 35.5. The summed E-state index contributed by atoms with van der Waals surface area (Å²) < 4.78 is 0. The zero-order valence-electron chi connectivity index (χ0n) is 10.7. The Balaban J connectivity index is 0.00000289. The number of nitrogens with one attached hydrogen (secondary N) is 2. The molecule has 0 unspecified atom stereocenters. The third-order valence-corrected chi connectivity index (χ3v) is 1.93. The fourth-order valence-electron chi connectivity index (χ4n) is 1.37. The van der Waals surface area contributed by atoms with Crippen molar-refractivity contribution in [1.29, 1.82) is 0 Å². The van der Waals surface area contributed by atoms with Crippen molar-refractivity contribution >= 4 is 35.6 Å². The minimum atomic E-state index is -0.137. The smallest absolute Gasteiger partial charge is 0.238 e. The van der Waals surface area contributed by atoms with Crippen LogP contribution in [0, 0.1) is 0 Å². The van der Waals surface area contributed by atoms with Gasteiger partial charge in [0.05, 0.1) is 6.54 Å². The Bertz CT molecular complexity index is 422. The minimum Gasteiger partial charge on any atom is -0.326 e. The molecular weight excluding hydrogens is 254 g/mol. The Morgan fingerprint density at radius 3 is 2.22 bits per heavy atom. The zero-order valence-corrected chi connectivity index (χ0v) is 11.5. The van der Waals surface area contributed by atoms with Gasteiger partial charge in [-0.05, 0) is 32.3 Å². The van der Waals surface area contributed by atoms with Crippen LogP contribution in [0.2, 0.25) is 0 Å². The van der Waals surface area contributed by atoms with Gasteiger partial charge in [-0.2, -0.15) is 0 Å². The first-order valence-corrected chi connectivity index (χ1v) is 5.29. The van der Waals surface area contributed by atoms with Gasteiger partial charge < -0.3 is 15.5 Å². The summed E-state index contributed by atoms with van der Waals surface area (Å²) in [6.45, 7) is 1.77. The second kappa shape index (κ2) is 7.68. The third kappa shape index (κ3) is 6.22. The van der Waals surface area contributed by atoms with Crippen molar-refractivity contribution in [2.45, 2.75) is 6.92 Å². The molecule has 0 aromatic heterocycles. The molecule has 0 aliphatic carbocycles. The minimum absolute atomic E-state index is 0. The standard InChI is InChI=1S/C12H17N3O2.ClH/c1-9(16)13-10-5-4-6-11(7-10)14-12(17)8-15(2)3;/h4-7H,8H2,1-3H3,(H,13,16)(H,14,17);1H. The maximum absolute atomic E-state index is 11.5. The number of benzene rings is 1. The molecule has 6 heteroatoms. The molecule has 1 aromatic carbocycles. The number of anilines is 2. The lowest BCUT2D eigenvalue weighted by Gasteiger charge is -2.11. The molecule has 5 nitrogen and oxygen atoms in total. The summed E-state index contributed by atoms with van der Waals surface area (Å²) in [6.07, 6.45) is 0. The Labute approximate surface area is 113 Å². The molecule has 18 heavy (non-hydrogen) atoms. The van der Waals surface area contributed by atoms with E-state index < -0.39 is 0 Å². The van der Waals surface area contributed by atoms with E-state index in [0.717, 1.165) is 0 Å². The Hall–Kier alpha value is -1.59. The van der Waals surface area contributed by atoms with Crippen molar-refractivity contribution in [1.82, 2.24) is 4.90 Å². The topological polar surface area (TPSA) is 61.4 Å². The molecule has 0 saturated carbocycles. The number of hydrogen-bond donors (Lipinski definition) is 2. The predicted octanol–water partition coefficient (Wildman–Crippen LogP) is 1.57. The van der Waals surface area contributed by atoms with Crippen LogP contribution in [0.15, 0.2) is 24.3 Å². The molecule has 0 fully saturated rings. The van der Waals surface area contributed by atoms with Crippen molar-refractivity contribution in [2.75, 3.05) is 31.3 Å². The summed E-state index contributed by atoms with van der Waals surface area (Å²) in [5, 5.41) is 5.41. The van der Waals surface area contributed by atoms with Gasteiger partial charge in [0.15, 0.2) is 0 Å². The van der Waals surface area contributed by atoms with Gasteiger partial charge in [-0.1, -0.05) is 6.07 Å². The molecule has 2 amide bonds. The van der Waals surface area contributed by atoms with E-state index in [2.05, 4.69) is 10.6 Å². The maximum Gasteiger partial charge on any atom is 0.238 e. The lowest BCUT2D eigenvalue weighted by Crippen LogP contribution is -2.27. The van der Waals surface area contributed by atoms with Crippen LogP contribution in [0.25, 0.3) is 0 Å². The van der Waals surface area contributed by atoms with E-state index in [0.29, 0.717) is 17.9 Å². The lowest BCUT2D eigenvalue weighted by atomic mass is 10.2. The van der Waals surface area contributed by atoms with Crippen LogP contribution in [0.4, 0.5) is 11.4 Å². The number of carbonyl (C=O) groups is 2. The van der Waals surface area contributed by atoms with Gasteiger partial charge in [-0.25, -0.2) is 0 Å². The van der Waals surface area contributed by atoms with E-state index >= 15 is 0 Å². The monoisotopic (exact) mass is 271 g/mol. The normalized spacial score (nSPS) is 9.56. The SMILES string of the molecule is CC(=O)Nc1cccc(NC(=O)CN(C)C)c1.Cl. The lowest BCUT2D eigenvalue weighted by molar-refractivity contribution is -0.117. The average molecular weight is 272 g/mol. The van der Waals surface area contributed by atoms with Crippen LogP contribution in [-0.2, 0) is 9.59 Å². The van der Waals surface area contributed by atoms with E-state index in [1.165, 1.54) is 6.92 Å².